The summed E-state index contributed by atoms with van der Waals surface area (Å²) in [4.78, 5) is 10.9. The number of rotatable bonds is 4. The Bertz CT molecular complexity index is 648. The number of benzene rings is 2. The molecule has 0 saturated carbocycles. The summed E-state index contributed by atoms with van der Waals surface area (Å²) in [6.45, 7) is 4.24. The predicted octanol–water partition coefficient (Wildman–Crippen LogP) is 4.92. The Morgan fingerprint density at radius 2 is 1.60 bits per heavy atom. The summed E-state index contributed by atoms with van der Waals surface area (Å²) in [6.07, 6.45) is 0. The summed E-state index contributed by atoms with van der Waals surface area (Å²) >= 11 is 0. The van der Waals surface area contributed by atoms with Crippen molar-refractivity contribution in [1.82, 2.24) is 0 Å². The van der Waals surface area contributed by atoms with Crippen LogP contribution in [-0.2, 0) is 0 Å². The fraction of sp³-hybridized carbons (Fsp3) is 0.188. The quantitative estimate of drug-likeness (QED) is 0.799. The first kappa shape index (κ1) is 13.9. The zero-order valence-corrected chi connectivity index (χ0v) is 11.4. The smallest absolute Gasteiger partial charge is 0.335 e. The van der Waals surface area contributed by atoms with E-state index in [4.69, 9.17) is 5.11 Å². The van der Waals surface area contributed by atoms with Crippen LogP contribution in [0.1, 0.15) is 35.7 Å². The second-order valence-electron chi connectivity index (χ2n) is 4.81. The Balaban J connectivity index is 2.23. The van der Waals surface area contributed by atoms with Crippen molar-refractivity contribution >= 4 is 17.3 Å². The molecule has 0 aliphatic rings. The summed E-state index contributed by atoms with van der Waals surface area (Å²) < 4.78 is 0. The summed E-state index contributed by atoms with van der Waals surface area (Å²) in [6, 6.07) is 14.3. The molecule has 2 rings (SSSR count). The van der Waals surface area contributed by atoms with Gasteiger partial charge in [-0.25, -0.2) is 4.79 Å². The maximum atomic E-state index is 10.9. The lowest BCUT2D eigenvalue weighted by molar-refractivity contribution is 0.0697. The van der Waals surface area contributed by atoms with Crippen LogP contribution >= 0.6 is 0 Å². The lowest BCUT2D eigenvalue weighted by Crippen LogP contribution is -1.94. The number of carbonyl (C=O) groups is 1. The van der Waals surface area contributed by atoms with E-state index in [1.807, 2.05) is 18.2 Å². The maximum absolute atomic E-state index is 10.9. The van der Waals surface area contributed by atoms with E-state index in [0.717, 1.165) is 5.69 Å². The molecule has 0 saturated heterocycles. The van der Waals surface area contributed by atoms with E-state index >= 15 is 0 Å². The number of azo groups is 1. The number of nitrogens with zero attached hydrogens (tertiary/aromatic N) is 2. The second-order valence-corrected chi connectivity index (χ2v) is 4.81. The molecule has 0 unspecified atom stereocenters. The van der Waals surface area contributed by atoms with Crippen molar-refractivity contribution in [2.45, 2.75) is 19.8 Å². The number of aromatic carboxylic acids is 1. The molecule has 0 atom stereocenters. The highest BCUT2D eigenvalue weighted by Crippen LogP contribution is 2.23. The van der Waals surface area contributed by atoms with Crippen LogP contribution in [0.4, 0.5) is 11.4 Å². The third kappa shape index (κ3) is 3.51. The normalized spacial score (nSPS) is 11.2. The fourth-order valence-corrected chi connectivity index (χ4v) is 1.76. The third-order valence-corrected chi connectivity index (χ3v) is 2.91. The molecule has 0 spiro atoms. The molecule has 0 aromatic heterocycles. The molecule has 0 amide bonds. The number of hydrogen-bond acceptors (Lipinski definition) is 3. The van der Waals surface area contributed by atoms with Crippen LogP contribution in [0, 0.1) is 0 Å². The Hall–Kier alpha value is -2.49. The summed E-state index contributed by atoms with van der Waals surface area (Å²) in [5.41, 5.74) is 2.69. The zero-order chi connectivity index (χ0) is 14.5. The van der Waals surface area contributed by atoms with Crippen molar-refractivity contribution < 1.29 is 9.90 Å². The molecule has 0 heterocycles. The van der Waals surface area contributed by atoms with E-state index in [0.29, 0.717) is 11.6 Å². The van der Waals surface area contributed by atoms with Gasteiger partial charge in [0.05, 0.1) is 16.9 Å². The SMILES string of the molecule is CC(C)c1cccc(/N=N/c2cccc(C(=O)O)c2)c1. The molecule has 2 aromatic carbocycles. The Labute approximate surface area is 117 Å². The van der Waals surface area contributed by atoms with Gasteiger partial charge in [0.2, 0.25) is 0 Å². The van der Waals surface area contributed by atoms with Gasteiger partial charge in [-0.05, 0) is 41.8 Å². The van der Waals surface area contributed by atoms with Crippen LogP contribution in [0.3, 0.4) is 0 Å². The lowest BCUT2D eigenvalue weighted by Gasteiger charge is -2.04. The molecule has 0 bridgehead atoms. The van der Waals surface area contributed by atoms with E-state index in [9.17, 15) is 4.79 Å². The van der Waals surface area contributed by atoms with E-state index in [2.05, 4.69) is 30.1 Å². The third-order valence-electron chi connectivity index (χ3n) is 2.91. The van der Waals surface area contributed by atoms with Gasteiger partial charge in [-0.15, -0.1) is 0 Å². The highest BCUT2D eigenvalue weighted by molar-refractivity contribution is 5.88. The van der Waals surface area contributed by atoms with Gasteiger partial charge in [-0.1, -0.05) is 32.0 Å². The monoisotopic (exact) mass is 268 g/mol. The fourth-order valence-electron chi connectivity index (χ4n) is 1.76. The molecule has 0 aliphatic carbocycles. The van der Waals surface area contributed by atoms with Crippen molar-refractivity contribution in [1.29, 1.82) is 0 Å². The standard InChI is InChI=1S/C16H16N2O2/c1-11(2)12-5-3-7-14(9-12)17-18-15-8-4-6-13(10-15)16(19)20/h3-11H,1-2H3,(H,19,20)/b18-17+. The molecule has 20 heavy (non-hydrogen) atoms. The number of carboxylic acids is 1. The summed E-state index contributed by atoms with van der Waals surface area (Å²) in [7, 11) is 0. The Morgan fingerprint density at radius 3 is 2.20 bits per heavy atom. The molecule has 102 valence electrons. The summed E-state index contributed by atoms with van der Waals surface area (Å²) in [5.74, 6) is -0.538. The van der Waals surface area contributed by atoms with Crippen molar-refractivity contribution in [3.05, 3.63) is 59.7 Å². The Kier molecular flexibility index (Phi) is 4.25. The van der Waals surface area contributed by atoms with Crippen LogP contribution < -0.4 is 0 Å². The van der Waals surface area contributed by atoms with Gasteiger partial charge < -0.3 is 5.11 Å². The molecular formula is C16H16N2O2. The first-order valence-electron chi connectivity index (χ1n) is 6.41. The average molecular weight is 268 g/mol. The number of carboxylic acid groups (broad SMARTS) is 1. The van der Waals surface area contributed by atoms with Crippen molar-refractivity contribution in [3.63, 3.8) is 0 Å². The number of hydrogen-bond donors (Lipinski definition) is 1. The highest BCUT2D eigenvalue weighted by atomic mass is 16.4. The minimum atomic E-state index is -0.969. The van der Waals surface area contributed by atoms with E-state index < -0.39 is 5.97 Å². The second kappa shape index (κ2) is 6.10. The van der Waals surface area contributed by atoms with E-state index in [1.165, 1.54) is 17.7 Å². The molecule has 2 aromatic rings. The van der Waals surface area contributed by atoms with Crippen LogP contribution in [-0.4, -0.2) is 11.1 Å². The molecule has 0 fully saturated rings. The van der Waals surface area contributed by atoms with Gasteiger partial charge in [-0.2, -0.15) is 10.2 Å². The largest absolute Gasteiger partial charge is 0.478 e. The molecule has 4 nitrogen and oxygen atoms in total. The first-order chi connectivity index (χ1) is 9.56. The van der Waals surface area contributed by atoms with Crippen LogP contribution in [0.5, 0.6) is 0 Å². The van der Waals surface area contributed by atoms with Crippen LogP contribution in [0.25, 0.3) is 0 Å². The van der Waals surface area contributed by atoms with E-state index in [-0.39, 0.29) is 5.56 Å². The van der Waals surface area contributed by atoms with Gasteiger partial charge in [0.25, 0.3) is 0 Å². The lowest BCUT2D eigenvalue weighted by atomic mass is 10.0. The topological polar surface area (TPSA) is 62.0 Å². The van der Waals surface area contributed by atoms with Crippen molar-refractivity contribution in [3.8, 4) is 0 Å². The summed E-state index contributed by atoms with van der Waals surface area (Å²) in [5, 5.41) is 17.2. The molecule has 0 aliphatic heterocycles. The minimum absolute atomic E-state index is 0.206. The minimum Gasteiger partial charge on any atom is -0.478 e. The highest BCUT2D eigenvalue weighted by Gasteiger charge is 2.03. The van der Waals surface area contributed by atoms with Gasteiger partial charge in [-0.3, -0.25) is 0 Å². The maximum Gasteiger partial charge on any atom is 0.335 e. The van der Waals surface area contributed by atoms with Crippen molar-refractivity contribution in [2.24, 2.45) is 10.2 Å². The molecule has 4 heteroatoms. The predicted molar refractivity (Wildman–Crippen MR) is 78.1 cm³/mol. The van der Waals surface area contributed by atoms with Gasteiger partial charge in [0.15, 0.2) is 0 Å². The van der Waals surface area contributed by atoms with Crippen molar-refractivity contribution in [2.75, 3.05) is 0 Å². The van der Waals surface area contributed by atoms with Gasteiger partial charge in [0.1, 0.15) is 0 Å². The van der Waals surface area contributed by atoms with E-state index in [1.54, 1.807) is 12.1 Å². The Morgan fingerprint density at radius 1 is 1.00 bits per heavy atom. The average Bonchev–Trinajstić information content (AvgIpc) is 2.45. The zero-order valence-electron chi connectivity index (χ0n) is 11.4. The van der Waals surface area contributed by atoms with Crippen LogP contribution in [0.2, 0.25) is 0 Å². The van der Waals surface area contributed by atoms with Gasteiger partial charge >= 0.3 is 5.97 Å². The first-order valence-corrected chi connectivity index (χ1v) is 6.41. The van der Waals surface area contributed by atoms with Crippen LogP contribution in [0.15, 0.2) is 58.8 Å². The molecular weight excluding hydrogens is 252 g/mol. The van der Waals surface area contributed by atoms with Gasteiger partial charge in [0, 0.05) is 0 Å². The molecule has 1 N–H and O–H groups in total. The molecule has 0 radical (unpaired) electrons.